The van der Waals surface area contributed by atoms with Gasteiger partial charge in [-0.25, -0.2) is 9.37 Å². The summed E-state index contributed by atoms with van der Waals surface area (Å²) in [6.07, 6.45) is 3.17. The molecule has 7 nitrogen and oxygen atoms in total. The van der Waals surface area contributed by atoms with Gasteiger partial charge in [0.15, 0.2) is 6.61 Å². The summed E-state index contributed by atoms with van der Waals surface area (Å²) in [5.41, 5.74) is 2.20. The molecule has 1 aromatic heterocycles. The number of nitrogens with zero attached hydrogens (tertiary/aromatic N) is 4. The molecule has 0 N–H and O–H groups in total. The van der Waals surface area contributed by atoms with Crippen molar-refractivity contribution in [3.63, 3.8) is 0 Å². The largest absolute Gasteiger partial charge is 0.484 e. The Labute approximate surface area is 194 Å². The van der Waals surface area contributed by atoms with Crippen LogP contribution < -0.4 is 9.64 Å². The molecule has 176 valence electrons. The number of amides is 1. The second-order valence-electron chi connectivity index (χ2n) is 9.13. The van der Waals surface area contributed by atoms with E-state index in [1.807, 2.05) is 4.90 Å². The maximum atomic E-state index is 13.0. The monoisotopic (exact) mass is 454 g/mol. The number of anilines is 1. The molecule has 33 heavy (non-hydrogen) atoms. The number of aromatic nitrogens is 1. The smallest absolute Gasteiger partial charge is 0.260 e. The number of rotatable bonds is 7. The van der Waals surface area contributed by atoms with Gasteiger partial charge in [0.2, 0.25) is 0 Å². The number of hydrogen-bond donors (Lipinski definition) is 0. The summed E-state index contributed by atoms with van der Waals surface area (Å²) in [6, 6.07) is 11.0. The maximum absolute atomic E-state index is 13.0. The molecular formula is C25H31FN4O3. The minimum absolute atomic E-state index is 0.0524. The number of piperazine rings is 1. The molecule has 8 heteroatoms. The zero-order chi connectivity index (χ0) is 22.8. The summed E-state index contributed by atoms with van der Waals surface area (Å²) in [7, 11) is 1.76. The third-order valence-corrected chi connectivity index (χ3v) is 7.00. The van der Waals surface area contributed by atoms with E-state index in [-0.39, 0.29) is 18.3 Å². The summed E-state index contributed by atoms with van der Waals surface area (Å²) in [5, 5.41) is 0. The van der Waals surface area contributed by atoms with Gasteiger partial charge in [0.1, 0.15) is 17.4 Å². The number of carbonyl (C=O) groups excluding carboxylic acids is 1. The van der Waals surface area contributed by atoms with Crippen LogP contribution in [0.25, 0.3) is 0 Å². The minimum Gasteiger partial charge on any atom is -0.484 e. The Morgan fingerprint density at radius 1 is 1.12 bits per heavy atom. The van der Waals surface area contributed by atoms with Gasteiger partial charge < -0.3 is 19.3 Å². The van der Waals surface area contributed by atoms with E-state index in [0.717, 1.165) is 49.7 Å². The lowest BCUT2D eigenvalue weighted by molar-refractivity contribution is -0.134. The van der Waals surface area contributed by atoms with Crippen molar-refractivity contribution in [1.29, 1.82) is 0 Å². The van der Waals surface area contributed by atoms with Gasteiger partial charge >= 0.3 is 0 Å². The molecule has 2 atom stereocenters. The highest BCUT2D eigenvalue weighted by Crippen LogP contribution is 2.34. The van der Waals surface area contributed by atoms with Crippen LogP contribution in [0, 0.1) is 5.82 Å². The lowest BCUT2D eigenvalue weighted by atomic mass is 10.0. The van der Waals surface area contributed by atoms with E-state index in [1.165, 1.54) is 37.1 Å². The van der Waals surface area contributed by atoms with Gasteiger partial charge in [0, 0.05) is 64.0 Å². The zero-order valence-electron chi connectivity index (χ0n) is 19.1. The Morgan fingerprint density at radius 3 is 2.61 bits per heavy atom. The lowest BCUT2D eigenvalue weighted by Gasteiger charge is -2.42. The van der Waals surface area contributed by atoms with E-state index in [1.54, 1.807) is 7.11 Å². The Balaban J connectivity index is 1.20. The number of benzene rings is 1. The third kappa shape index (κ3) is 4.82. The van der Waals surface area contributed by atoms with Crippen LogP contribution in [-0.4, -0.2) is 79.3 Å². The molecule has 0 spiro atoms. The average molecular weight is 455 g/mol. The third-order valence-electron chi connectivity index (χ3n) is 7.00. The fourth-order valence-corrected chi connectivity index (χ4v) is 5.30. The molecular weight excluding hydrogens is 423 g/mol. The van der Waals surface area contributed by atoms with Crippen molar-refractivity contribution in [3.05, 3.63) is 53.5 Å². The summed E-state index contributed by atoms with van der Waals surface area (Å²) in [5.74, 6) is 1.17. The zero-order valence-corrected chi connectivity index (χ0v) is 19.1. The van der Waals surface area contributed by atoms with Crippen molar-refractivity contribution in [2.45, 2.75) is 37.9 Å². The number of pyridine rings is 1. The first-order chi connectivity index (χ1) is 16.1. The normalized spacial score (nSPS) is 22.4. The van der Waals surface area contributed by atoms with E-state index in [2.05, 4.69) is 21.9 Å². The number of carbonyl (C=O) groups is 1. The molecule has 1 aromatic carbocycles. The Hall–Kier alpha value is -2.71. The summed E-state index contributed by atoms with van der Waals surface area (Å²) in [6.45, 7) is 5.02. The number of ether oxygens (including phenoxy) is 2. The summed E-state index contributed by atoms with van der Waals surface area (Å²) in [4.78, 5) is 24.5. The number of fused-ring (bicyclic) bond motifs is 3. The maximum Gasteiger partial charge on any atom is 0.260 e. The molecule has 0 radical (unpaired) electrons. The highest BCUT2D eigenvalue weighted by atomic mass is 19.1. The van der Waals surface area contributed by atoms with Crippen LogP contribution in [0.4, 0.5) is 10.2 Å². The first-order valence-electron chi connectivity index (χ1n) is 11.8. The molecule has 2 saturated heterocycles. The number of likely N-dealkylation sites (tertiary alicyclic amines) is 1. The fraction of sp³-hybridized carbons (Fsp3) is 0.520. The van der Waals surface area contributed by atoms with Crippen molar-refractivity contribution < 1.29 is 18.7 Å². The van der Waals surface area contributed by atoms with Crippen molar-refractivity contribution in [1.82, 2.24) is 14.8 Å². The van der Waals surface area contributed by atoms with E-state index in [4.69, 9.17) is 14.5 Å². The SMILES string of the molecule is COCCN1CC2CCC(C1)N2c1ccc2c(n1)CCN(C(=O)COc1ccc(F)cc1)C2. The van der Waals surface area contributed by atoms with Gasteiger partial charge in [-0.2, -0.15) is 0 Å². The first-order valence-corrected chi connectivity index (χ1v) is 11.8. The Morgan fingerprint density at radius 2 is 1.88 bits per heavy atom. The topological polar surface area (TPSA) is 58.1 Å². The van der Waals surface area contributed by atoms with Crippen LogP contribution in [0.2, 0.25) is 0 Å². The first kappa shape index (κ1) is 22.1. The molecule has 5 rings (SSSR count). The van der Waals surface area contributed by atoms with Crippen LogP contribution in [-0.2, 0) is 22.5 Å². The number of methoxy groups -OCH3 is 1. The van der Waals surface area contributed by atoms with Crippen LogP contribution in [0.5, 0.6) is 5.75 Å². The highest BCUT2D eigenvalue weighted by molar-refractivity contribution is 5.78. The summed E-state index contributed by atoms with van der Waals surface area (Å²) >= 11 is 0. The molecule has 2 fully saturated rings. The van der Waals surface area contributed by atoms with Crippen molar-refractivity contribution >= 4 is 11.7 Å². The fourth-order valence-electron chi connectivity index (χ4n) is 5.30. The van der Waals surface area contributed by atoms with Crippen LogP contribution >= 0.6 is 0 Å². The van der Waals surface area contributed by atoms with E-state index >= 15 is 0 Å². The Kier molecular flexibility index (Phi) is 6.46. The van der Waals surface area contributed by atoms with Gasteiger partial charge in [0.05, 0.1) is 6.61 Å². The second kappa shape index (κ2) is 9.65. The number of hydrogen-bond acceptors (Lipinski definition) is 6. The predicted octanol–water partition coefficient (Wildman–Crippen LogP) is 2.48. The van der Waals surface area contributed by atoms with Crippen molar-refractivity contribution in [2.24, 2.45) is 0 Å². The van der Waals surface area contributed by atoms with Gasteiger partial charge in [-0.3, -0.25) is 9.69 Å². The lowest BCUT2D eigenvalue weighted by Crippen LogP contribution is -2.54. The molecule has 4 heterocycles. The van der Waals surface area contributed by atoms with E-state index < -0.39 is 0 Å². The predicted molar refractivity (Wildman–Crippen MR) is 123 cm³/mol. The second-order valence-corrected chi connectivity index (χ2v) is 9.13. The van der Waals surface area contributed by atoms with Crippen molar-refractivity contribution in [3.8, 4) is 5.75 Å². The number of halogens is 1. The van der Waals surface area contributed by atoms with Gasteiger partial charge in [0.25, 0.3) is 5.91 Å². The molecule has 2 aromatic rings. The Bertz CT molecular complexity index is 972. The molecule has 1 amide bonds. The molecule has 3 aliphatic rings. The minimum atomic E-state index is -0.325. The average Bonchev–Trinajstić information content (AvgIpc) is 3.11. The molecule has 3 aliphatic heterocycles. The van der Waals surface area contributed by atoms with Crippen LogP contribution in [0.1, 0.15) is 24.1 Å². The highest BCUT2D eigenvalue weighted by Gasteiger charge is 2.40. The van der Waals surface area contributed by atoms with Crippen LogP contribution in [0.15, 0.2) is 36.4 Å². The van der Waals surface area contributed by atoms with Gasteiger partial charge in [-0.1, -0.05) is 6.07 Å². The van der Waals surface area contributed by atoms with Crippen LogP contribution in [0.3, 0.4) is 0 Å². The molecule has 2 bridgehead atoms. The van der Waals surface area contributed by atoms with Crippen molar-refractivity contribution in [2.75, 3.05) is 51.4 Å². The standard InChI is InChI=1S/C25H31FN4O3/c1-32-13-12-28-15-20-5-6-21(16-28)30(20)24-9-2-18-14-29(11-10-23(18)27-24)25(31)17-33-22-7-3-19(26)4-8-22/h2-4,7-9,20-21H,5-6,10-17H2,1H3. The molecule has 0 saturated carbocycles. The summed E-state index contributed by atoms with van der Waals surface area (Å²) < 4.78 is 23.8. The van der Waals surface area contributed by atoms with E-state index in [9.17, 15) is 9.18 Å². The molecule has 0 aliphatic carbocycles. The van der Waals surface area contributed by atoms with E-state index in [0.29, 0.717) is 30.9 Å². The van der Waals surface area contributed by atoms with Gasteiger partial charge in [-0.15, -0.1) is 0 Å². The molecule has 2 unspecified atom stereocenters. The quantitative estimate of drug-likeness (QED) is 0.641. The van der Waals surface area contributed by atoms with Gasteiger partial charge in [-0.05, 0) is 48.7 Å².